The van der Waals surface area contributed by atoms with Crippen molar-refractivity contribution in [2.75, 3.05) is 0 Å². The molecule has 0 spiro atoms. The van der Waals surface area contributed by atoms with Crippen LogP contribution in [0.2, 0.25) is 0 Å². The molecule has 0 N–H and O–H groups in total. The first kappa shape index (κ1) is 10.6. The molecule has 0 aromatic carbocycles. The van der Waals surface area contributed by atoms with Gasteiger partial charge in [0.25, 0.3) is 5.92 Å². The molecule has 2 rings (SSSR count). The third-order valence-electron chi connectivity index (χ3n) is 2.67. The van der Waals surface area contributed by atoms with Crippen LogP contribution in [0.4, 0.5) is 8.78 Å². The number of nitrogens with zero attached hydrogens (tertiary/aromatic N) is 2. The molecule has 0 atom stereocenters. The standard InChI is InChI=1S/C11H16F2N2/c1-7(2)10-14-9(11(3,12)13)6-15(10)8-4-5-8/h6-8H,4-5H2,1-3H3. The highest BCUT2D eigenvalue weighted by Crippen LogP contribution is 2.39. The maximum atomic E-state index is 13.1. The first-order valence-electron chi connectivity index (χ1n) is 5.36. The van der Waals surface area contributed by atoms with Gasteiger partial charge in [-0.05, 0) is 12.8 Å². The van der Waals surface area contributed by atoms with E-state index in [2.05, 4.69) is 4.98 Å². The fourth-order valence-corrected chi connectivity index (χ4v) is 1.69. The quantitative estimate of drug-likeness (QED) is 0.753. The van der Waals surface area contributed by atoms with Gasteiger partial charge in [0, 0.05) is 25.1 Å². The number of imidazole rings is 1. The third-order valence-corrected chi connectivity index (χ3v) is 2.67. The SMILES string of the molecule is CC(C)c1nc(C(C)(F)F)cn1C1CC1. The van der Waals surface area contributed by atoms with Gasteiger partial charge in [0.15, 0.2) is 0 Å². The first-order valence-corrected chi connectivity index (χ1v) is 5.36. The van der Waals surface area contributed by atoms with Gasteiger partial charge in [-0.2, -0.15) is 8.78 Å². The Labute approximate surface area is 88.3 Å². The van der Waals surface area contributed by atoms with Gasteiger partial charge in [-0.1, -0.05) is 13.8 Å². The minimum absolute atomic E-state index is 0.0990. The molecule has 1 fully saturated rings. The number of hydrogen-bond donors (Lipinski definition) is 0. The predicted octanol–water partition coefficient (Wildman–Crippen LogP) is 3.45. The minimum atomic E-state index is -2.83. The molecule has 1 heterocycles. The number of hydrogen-bond acceptors (Lipinski definition) is 1. The molecule has 84 valence electrons. The summed E-state index contributed by atoms with van der Waals surface area (Å²) in [6, 6.07) is 0.408. The van der Waals surface area contributed by atoms with E-state index in [1.807, 2.05) is 18.4 Å². The Morgan fingerprint density at radius 3 is 2.47 bits per heavy atom. The lowest BCUT2D eigenvalue weighted by molar-refractivity contribution is 0.0130. The molecule has 0 bridgehead atoms. The smallest absolute Gasteiger partial charge is 0.288 e. The van der Waals surface area contributed by atoms with Gasteiger partial charge in [-0.25, -0.2) is 4.98 Å². The Bertz CT molecular complexity index is 340. The van der Waals surface area contributed by atoms with Crippen molar-refractivity contribution in [2.24, 2.45) is 0 Å². The average Bonchev–Trinajstić information content (AvgIpc) is 2.81. The lowest BCUT2D eigenvalue weighted by Gasteiger charge is -2.07. The maximum Gasteiger partial charge on any atom is 0.288 e. The van der Waals surface area contributed by atoms with E-state index in [1.165, 1.54) is 6.20 Å². The van der Waals surface area contributed by atoms with E-state index < -0.39 is 5.92 Å². The monoisotopic (exact) mass is 214 g/mol. The van der Waals surface area contributed by atoms with Crippen LogP contribution in [0.15, 0.2) is 6.20 Å². The van der Waals surface area contributed by atoms with Crippen LogP contribution in [0, 0.1) is 0 Å². The molecular weight excluding hydrogens is 198 g/mol. The summed E-state index contributed by atoms with van der Waals surface area (Å²) in [5.41, 5.74) is -0.0990. The van der Waals surface area contributed by atoms with E-state index in [0.717, 1.165) is 25.6 Å². The van der Waals surface area contributed by atoms with E-state index in [1.54, 1.807) is 0 Å². The Morgan fingerprint density at radius 1 is 1.47 bits per heavy atom. The van der Waals surface area contributed by atoms with Crippen molar-refractivity contribution < 1.29 is 8.78 Å². The zero-order valence-corrected chi connectivity index (χ0v) is 9.30. The summed E-state index contributed by atoms with van der Waals surface area (Å²) in [4.78, 5) is 4.06. The van der Waals surface area contributed by atoms with Gasteiger partial charge in [-0.15, -0.1) is 0 Å². The van der Waals surface area contributed by atoms with Crippen LogP contribution in [-0.4, -0.2) is 9.55 Å². The topological polar surface area (TPSA) is 17.8 Å². The largest absolute Gasteiger partial charge is 0.331 e. The van der Waals surface area contributed by atoms with Crippen LogP contribution >= 0.6 is 0 Å². The van der Waals surface area contributed by atoms with Gasteiger partial charge in [0.1, 0.15) is 11.5 Å². The summed E-state index contributed by atoms with van der Waals surface area (Å²) >= 11 is 0. The number of aromatic nitrogens is 2. The second kappa shape index (κ2) is 3.29. The van der Waals surface area contributed by atoms with Crippen LogP contribution in [-0.2, 0) is 5.92 Å². The summed E-state index contributed by atoms with van der Waals surface area (Å²) < 4.78 is 28.2. The molecule has 0 radical (unpaired) electrons. The van der Waals surface area contributed by atoms with Gasteiger partial charge in [0.05, 0.1) is 0 Å². The molecule has 1 aromatic heterocycles. The van der Waals surface area contributed by atoms with Crippen LogP contribution in [0.5, 0.6) is 0 Å². The molecule has 0 amide bonds. The van der Waals surface area contributed by atoms with E-state index in [4.69, 9.17) is 0 Å². The maximum absolute atomic E-state index is 13.1. The van der Waals surface area contributed by atoms with Crippen LogP contribution in [0.25, 0.3) is 0 Å². The van der Waals surface area contributed by atoms with E-state index in [-0.39, 0.29) is 11.6 Å². The van der Waals surface area contributed by atoms with Gasteiger partial charge < -0.3 is 4.57 Å². The van der Waals surface area contributed by atoms with Crippen molar-refractivity contribution >= 4 is 0 Å². The third kappa shape index (κ3) is 2.03. The summed E-state index contributed by atoms with van der Waals surface area (Å²) in [6.07, 6.45) is 3.70. The normalized spacial score (nSPS) is 17.5. The molecule has 1 aliphatic carbocycles. The molecule has 0 aliphatic heterocycles. The van der Waals surface area contributed by atoms with Gasteiger partial charge in [-0.3, -0.25) is 0 Å². The zero-order chi connectivity index (χ0) is 11.2. The Balaban J connectivity index is 2.40. The van der Waals surface area contributed by atoms with E-state index in [9.17, 15) is 8.78 Å². The molecular formula is C11H16F2N2. The van der Waals surface area contributed by atoms with Crippen molar-refractivity contribution in [1.82, 2.24) is 9.55 Å². The zero-order valence-electron chi connectivity index (χ0n) is 9.30. The number of alkyl halides is 2. The summed E-state index contributed by atoms with van der Waals surface area (Å²) in [5, 5.41) is 0. The second-order valence-corrected chi connectivity index (χ2v) is 4.67. The van der Waals surface area contributed by atoms with Crippen molar-refractivity contribution in [3.63, 3.8) is 0 Å². The lowest BCUT2D eigenvalue weighted by Crippen LogP contribution is -2.07. The molecule has 15 heavy (non-hydrogen) atoms. The highest BCUT2D eigenvalue weighted by atomic mass is 19.3. The molecule has 1 aromatic rings. The van der Waals surface area contributed by atoms with Crippen LogP contribution < -0.4 is 0 Å². The highest BCUT2D eigenvalue weighted by molar-refractivity contribution is 5.14. The molecule has 1 saturated carbocycles. The number of rotatable bonds is 3. The molecule has 0 unspecified atom stereocenters. The summed E-state index contributed by atoms with van der Waals surface area (Å²) in [7, 11) is 0. The first-order chi connectivity index (χ1) is 6.89. The second-order valence-electron chi connectivity index (χ2n) is 4.67. The predicted molar refractivity (Wildman–Crippen MR) is 54.2 cm³/mol. The fraction of sp³-hybridized carbons (Fsp3) is 0.727. The van der Waals surface area contributed by atoms with E-state index >= 15 is 0 Å². The molecule has 2 nitrogen and oxygen atoms in total. The molecule has 0 saturated heterocycles. The van der Waals surface area contributed by atoms with Crippen molar-refractivity contribution in [2.45, 2.75) is 51.5 Å². The molecule has 1 aliphatic rings. The van der Waals surface area contributed by atoms with Crippen LogP contribution in [0.3, 0.4) is 0 Å². The Morgan fingerprint density at radius 2 is 2.07 bits per heavy atom. The minimum Gasteiger partial charge on any atom is -0.331 e. The van der Waals surface area contributed by atoms with Gasteiger partial charge in [0.2, 0.25) is 0 Å². The molecule has 4 heteroatoms. The van der Waals surface area contributed by atoms with Crippen molar-refractivity contribution in [1.29, 1.82) is 0 Å². The van der Waals surface area contributed by atoms with Crippen molar-refractivity contribution in [3.05, 3.63) is 17.7 Å². The van der Waals surface area contributed by atoms with E-state index in [0.29, 0.717) is 6.04 Å². The van der Waals surface area contributed by atoms with Crippen LogP contribution in [0.1, 0.15) is 57.1 Å². The lowest BCUT2D eigenvalue weighted by atomic mass is 10.2. The fourth-order valence-electron chi connectivity index (χ4n) is 1.69. The highest BCUT2D eigenvalue weighted by Gasteiger charge is 2.33. The van der Waals surface area contributed by atoms with Gasteiger partial charge >= 0.3 is 0 Å². The summed E-state index contributed by atoms with van der Waals surface area (Å²) in [5.74, 6) is -1.85. The summed E-state index contributed by atoms with van der Waals surface area (Å²) in [6.45, 7) is 4.87. The Kier molecular flexibility index (Phi) is 2.32. The van der Waals surface area contributed by atoms with Crippen molar-refractivity contribution in [3.8, 4) is 0 Å². The average molecular weight is 214 g/mol. The Hall–Kier alpha value is -0.930. The number of halogens is 2.